The summed E-state index contributed by atoms with van der Waals surface area (Å²) in [5.74, 6) is 1.12. The van der Waals surface area contributed by atoms with Gasteiger partial charge in [-0.3, -0.25) is 9.59 Å². The van der Waals surface area contributed by atoms with E-state index in [1.807, 2.05) is 18.2 Å². The molecule has 1 saturated carbocycles. The van der Waals surface area contributed by atoms with Gasteiger partial charge in [0.1, 0.15) is 5.75 Å². The molecule has 1 saturated heterocycles. The molecule has 1 aliphatic heterocycles. The van der Waals surface area contributed by atoms with Gasteiger partial charge in [-0.05, 0) is 48.2 Å². The first kappa shape index (κ1) is 16.6. The van der Waals surface area contributed by atoms with Gasteiger partial charge in [-0.1, -0.05) is 43.0 Å². The smallest absolute Gasteiger partial charge is 0.201 e. The van der Waals surface area contributed by atoms with Gasteiger partial charge in [0.05, 0.1) is 23.0 Å². The topological polar surface area (TPSA) is 43.4 Å². The number of benzene rings is 1. The van der Waals surface area contributed by atoms with Crippen LogP contribution >= 0.6 is 23.4 Å². The number of halogens is 1. The first-order valence-electron chi connectivity index (χ1n) is 8.00. The Bertz CT molecular complexity index is 648. The van der Waals surface area contributed by atoms with E-state index in [-0.39, 0.29) is 17.3 Å². The monoisotopic (exact) mass is 350 g/mol. The number of hydrogen-bond acceptors (Lipinski definition) is 4. The maximum Gasteiger partial charge on any atom is 0.201 e. The van der Waals surface area contributed by atoms with Gasteiger partial charge in [0.15, 0.2) is 5.78 Å². The average Bonchev–Trinajstić information content (AvgIpc) is 2.87. The molecule has 0 radical (unpaired) electrons. The minimum absolute atomic E-state index is 0.0218. The summed E-state index contributed by atoms with van der Waals surface area (Å²) in [5, 5.41) is 0.394. The van der Waals surface area contributed by atoms with Crippen molar-refractivity contribution in [1.82, 2.24) is 0 Å². The molecule has 0 bridgehead atoms. The molecule has 0 amide bonds. The van der Waals surface area contributed by atoms with Crippen molar-refractivity contribution in [3.63, 3.8) is 0 Å². The predicted molar refractivity (Wildman–Crippen MR) is 93.7 cm³/mol. The van der Waals surface area contributed by atoms with Crippen molar-refractivity contribution < 1.29 is 14.3 Å². The molecule has 122 valence electrons. The highest BCUT2D eigenvalue weighted by Gasteiger charge is 2.26. The molecule has 2 aliphatic rings. The van der Waals surface area contributed by atoms with E-state index in [9.17, 15) is 9.59 Å². The second-order valence-corrected chi connectivity index (χ2v) is 7.53. The van der Waals surface area contributed by atoms with E-state index in [2.05, 4.69) is 0 Å². The molecule has 1 heterocycles. The molecular formula is C18H19ClO3S. The Morgan fingerprint density at radius 3 is 2.70 bits per heavy atom. The second kappa shape index (κ2) is 7.54. The minimum atomic E-state index is -0.135. The van der Waals surface area contributed by atoms with E-state index in [0.29, 0.717) is 28.2 Å². The fourth-order valence-electron chi connectivity index (χ4n) is 3.00. The molecule has 0 aromatic heterocycles. The number of Topliss-reactive ketones (excluding diaryl/α,β-unsaturated/α-hetero) is 1. The predicted octanol–water partition coefficient (Wildman–Crippen LogP) is 4.87. The van der Waals surface area contributed by atoms with Crippen molar-refractivity contribution in [2.45, 2.75) is 38.5 Å². The van der Waals surface area contributed by atoms with E-state index >= 15 is 0 Å². The highest BCUT2D eigenvalue weighted by molar-refractivity contribution is 8.18. The van der Waals surface area contributed by atoms with Crippen LogP contribution in [0.15, 0.2) is 23.1 Å². The Morgan fingerprint density at radius 2 is 2.00 bits per heavy atom. The van der Waals surface area contributed by atoms with Crippen molar-refractivity contribution >= 4 is 40.3 Å². The van der Waals surface area contributed by atoms with Crippen LogP contribution in [-0.2, 0) is 9.59 Å². The first-order valence-corrected chi connectivity index (χ1v) is 9.20. The zero-order chi connectivity index (χ0) is 16.2. The van der Waals surface area contributed by atoms with E-state index in [0.717, 1.165) is 17.3 Å². The fraction of sp³-hybridized carbons (Fsp3) is 0.444. The number of ketones is 1. The van der Waals surface area contributed by atoms with Gasteiger partial charge in [-0.2, -0.15) is 0 Å². The lowest BCUT2D eigenvalue weighted by molar-refractivity contribution is -0.119. The summed E-state index contributed by atoms with van der Waals surface area (Å²) < 4.78 is 5.91. The molecule has 1 aliphatic carbocycles. The van der Waals surface area contributed by atoms with Crippen molar-refractivity contribution in [3.05, 3.63) is 33.7 Å². The second-order valence-electron chi connectivity index (χ2n) is 6.06. The Balaban J connectivity index is 1.72. The summed E-state index contributed by atoms with van der Waals surface area (Å²) in [7, 11) is 0. The standard InChI is InChI=1S/C18H19ClO3S/c19-18-13(9-16-14(20)10-17(21)23-16)7-4-8-15(18)22-11-12-5-2-1-3-6-12/h4,7-9,12H,1-3,5-6,10-11H2/b16-9-. The van der Waals surface area contributed by atoms with Crippen LogP contribution in [0.4, 0.5) is 0 Å². The lowest BCUT2D eigenvalue weighted by atomic mass is 9.90. The van der Waals surface area contributed by atoms with Crippen LogP contribution in [0.25, 0.3) is 6.08 Å². The molecule has 3 rings (SSSR count). The van der Waals surface area contributed by atoms with Crippen molar-refractivity contribution in [2.24, 2.45) is 5.92 Å². The molecule has 0 unspecified atom stereocenters. The molecular weight excluding hydrogens is 332 g/mol. The third-order valence-electron chi connectivity index (χ3n) is 4.28. The molecule has 1 aromatic carbocycles. The summed E-state index contributed by atoms with van der Waals surface area (Å²) in [6.45, 7) is 0.686. The number of thioether (sulfide) groups is 1. The van der Waals surface area contributed by atoms with Crippen molar-refractivity contribution in [3.8, 4) is 5.75 Å². The summed E-state index contributed by atoms with van der Waals surface area (Å²) in [6.07, 6.45) is 7.98. The lowest BCUT2D eigenvalue weighted by Crippen LogP contribution is -2.15. The van der Waals surface area contributed by atoms with Gasteiger partial charge in [0, 0.05) is 0 Å². The molecule has 0 N–H and O–H groups in total. The Labute approximate surface area is 145 Å². The van der Waals surface area contributed by atoms with E-state index in [4.69, 9.17) is 16.3 Å². The van der Waals surface area contributed by atoms with Crippen LogP contribution in [0.3, 0.4) is 0 Å². The van der Waals surface area contributed by atoms with Crippen LogP contribution in [0.2, 0.25) is 5.02 Å². The van der Waals surface area contributed by atoms with Crippen LogP contribution in [-0.4, -0.2) is 17.5 Å². The van der Waals surface area contributed by atoms with Crippen LogP contribution in [0, 0.1) is 5.92 Å². The van der Waals surface area contributed by atoms with Gasteiger partial charge in [-0.25, -0.2) is 0 Å². The number of ether oxygens (including phenoxy) is 1. The van der Waals surface area contributed by atoms with Gasteiger partial charge in [0.25, 0.3) is 0 Å². The Kier molecular flexibility index (Phi) is 5.44. The Morgan fingerprint density at radius 1 is 1.22 bits per heavy atom. The van der Waals surface area contributed by atoms with E-state index in [1.165, 1.54) is 32.1 Å². The third-order valence-corrected chi connectivity index (χ3v) is 5.62. The number of allylic oxidation sites excluding steroid dienone is 1. The highest BCUT2D eigenvalue weighted by Crippen LogP contribution is 2.35. The quantitative estimate of drug-likeness (QED) is 0.573. The summed E-state index contributed by atoms with van der Waals surface area (Å²) in [6, 6.07) is 5.54. The van der Waals surface area contributed by atoms with Crippen LogP contribution in [0.1, 0.15) is 44.1 Å². The Hall–Kier alpha value is -1.26. The van der Waals surface area contributed by atoms with Gasteiger partial charge in [-0.15, -0.1) is 0 Å². The fourth-order valence-corrected chi connectivity index (χ4v) is 4.05. The normalized spacial score (nSPS) is 21.2. The molecule has 0 atom stereocenters. The third kappa shape index (κ3) is 4.18. The van der Waals surface area contributed by atoms with Crippen molar-refractivity contribution in [2.75, 3.05) is 6.61 Å². The number of carbonyl (C=O) groups is 2. The minimum Gasteiger partial charge on any atom is -0.492 e. The summed E-state index contributed by atoms with van der Waals surface area (Å²) in [5.41, 5.74) is 0.721. The number of carbonyl (C=O) groups excluding carboxylic acids is 2. The molecule has 1 aromatic rings. The number of hydrogen-bond donors (Lipinski definition) is 0. The van der Waals surface area contributed by atoms with E-state index < -0.39 is 0 Å². The highest BCUT2D eigenvalue weighted by atomic mass is 35.5. The van der Waals surface area contributed by atoms with E-state index in [1.54, 1.807) is 6.08 Å². The molecule has 5 heteroatoms. The van der Waals surface area contributed by atoms with Gasteiger partial charge >= 0.3 is 0 Å². The largest absolute Gasteiger partial charge is 0.492 e. The maximum absolute atomic E-state index is 11.7. The van der Waals surface area contributed by atoms with Gasteiger partial charge in [0.2, 0.25) is 5.12 Å². The van der Waals surface area contributed by atoms with Crippen molar-refractivity contribution in [1.29, 1.82) is 0 Å². The number of rotatable bonds is 4. The van der Waals surface area contributed by atoms with Gasteiger partial charge < -0.3 is 4.74 Å². The van der Waals surface area contributed by atoms with Crippen LogP contribution < -0.4 is 4.74 Å². The molecule has 3 nitrogen and oxygen atoms in total. The zero-order valence-corrected chi connectivity index (χ0v) is 14.4. The average molecular weight is 351 g/mol. The molecule has 0 spiro atoms. The molecule has 2 fully saturated rings. The first-order chi connectivity index (χ1) is 11.1. The maximum atomic E-state index is 11.7. The zero-order valence-electron chi connectivity index (χ0n) is 12.8. The summed E-state index contributed by atoms with van der Waals surface area (Å²) in [4.78, 5) is 23.5. The lowest BCUT2D eigenvalue weighted by Gasteiger charge is -2.22. The SMILES string of the molecule is O=C1CC(=O)/C(=C/c2cccc(OCC3CCCCC3)c2Cl)S1. The summed E-state index contributed by atoms with van der Waals surface area (Å²) >= 11 is 7.41. The molecule has 23 heavy (non-hydrogen) atoms. The van der Waals surface area contributed by atoms with Crippen LogP contribution in [0.5, 0.6) is 5.75 Å².